The quantitative estimate of drug-likeness (QED) is 0.255. The summed E-state index contributed by atoms with van der Waals surface area (Å²) in [6.45, 7) is 11.1. The lowest BCUT2D eigenvalue weighted by Crippen LogP contribution is -2.36. The van der Waals surface area contributed by atoms with Crippen LogP contribution >= 0.6 is 0 Å². The molecule has 0 bridgehead atoms. The molecule has 0 aliphatic carbocycles. The molecule has 0 aromatic carbocycles. The van der Waals surface area contributed by atoms with Crippen LogP contribution in [0.25, 0.3) is 0 Å². The van der Waals surface area contributed by atoms with Crippen LogP contribution in [0.5, 0.6) is 0 Å². The van der Waals surface area contributed by atoms with Crippen molar-refractivity contribution >= 4 is 0 Å². The van der Waals surface area contributed by atoms with E-state index >= 15 is 0 Å². The Morgan fingerprint density at radius 1 is 0.625 bits per heavy atom. The molecule has 5 nitrogen and oxygen atoms in total. The van der Waals surface area contributed by atoms with Gasteiger partial charge in [-0.3, -0.25) is 0 Å². The van der Waals surface area contributed by atoms with Gasteiger partial charge in [0, 0.05) is 52.4 Å². The lowest BCUT2D eigenvalue weighted by atomic mass is 10.4. The van der Waals surface area contributed by atoms with Crippen LogP contribution in [-0.4, -0.2) is 58.9 Å². The lowest BCUT2D eigenvalue weighted by Gasteiger charge is -2.07. The van der Waals surface area contributed by atoms with Crippen LogP contribution in [0.2, 0.25) is 0 Å². The van der Waals surface area contributed by atoms with Crippen LogP contribution in [0.4, 0.5) is 0 Å². The van der Waals surface area contributed by atoms with Crippen LogP contribution < -0.4 is 27.0 Å². The maximum Gasteiger partial charge on any atom is 0.00772 e. The zero-order chi connectivity index (χ0) is 11.9. The Morgan fingerprint density at radius 2 is 1.00 bits per heavy atom. The van der Waals surface area contributed by atoms with Gasteiger partial charge in [0.1, 0.15) is 0 Å². The molecule has 0 rings (SSSR count). The van der Waals surface area contributed by atoms with Gasteiger partial charge in [0.25, 0.3) is 0 Å². The Balaban J connectivity index is 2.83. The first-order valence-electron chi connectivity index (χ1n) is 6.44. The van der Waals surface area contributed by atoms with Crippen molar-refractivity contribution < 1.29 is 0 Å². The molecule has 0 saturated carbocycles. The van der Waals surface area contributed by atoms with Gasteiger partial charge in [-0.15, -0.1) is 0 Å². The van der Waals surface area contributed by atoms with Crippen molar-refractivity contribution in [3.8, 4) is 0 Å². The molecule has 0 aliphatic rings. The number of rotatable bonds is 13. The molecule has 0 aromatic heterocycles. The van der Waals surface area contributed by atoms with Crippen molar-refractivity contribution in [2.24, 2.45) is 5.73 Å². The van der Waals surface area contributed by atoms with Crippen molar-refractivity contribution in [3.05, 3.63) is 0 Å². The van der Waals surface area contributed by atoms with Crippen LogP contribution in [0, 0.1) is 0 Å². The average molecular weight is 231 g/mol. The van der Waals surface area contributed by atoms with Gasteiger partial charge in [0.2, 0.25) is 0 Å². The highest BCUT2D eigenvalue weighted by Crippen LogP contribution is 1.68. The average Bonchev–Trinajstić information content (AvgIpc) is 2.31. The standard InChI is InChI=1S/C11H29N5/c1-2-4-13-6-8-15-10-11-16-9-7-14-5-3-12/h13-16H,2-12H2,1H3. The zero-order valence-corrected chi connectivity index (χ0v) is 10.6. The van der Waals surface area contributed by atoms with Crippen LogP contribution in [-0.2, 0) is 0 Å². The second-order valence-electron chi connectivity index (χ2n) is 3.79. The number of hydrogen-bond donors (Lipinski definition) is 5. The first kappa shape index (κ1) is 15.8. The summed E-state index contributed by atoms with van der Waals surface area (Å²) in [7, 11) is 0. The first-order chi connectivity index (χ1) is 7.91. The van der Waals surface area contributed by atoms with Gasteiger partial charge in [-0.05, 0) is 13.0 Å². The SMILES string of the molecule is CCCNCCNCCNCCNCCN. The van der Waals surface area contributed by atoms with Crippen molar-refractivity contribution in [3.63, 3.8) is 0 Å². The van der Waals surface area contributed by atoms with Gasteiger partial charge >= 0.3 is 0 Å². The zero-order valence-electron chi connectivity index (χ0n) is 10.6. The summed E-state index contributed by atoms with van der Waals surface area (Å²) in [5.41, 5.74) is 5.36. The molecule has 98 valence electrons. The molecular formula is C11H29N5. The summed E-state index contributed by atoms with van der Waals surface area (Å²) in [6.07, 6.45) is 1.21. The van der Waals surface area contributed by atoms with E-state index in [1.807, 2.05) is 0 Å². The third-order valence-corrected chi connectivity index (χ3v) is 2.18. The molecule has 0 spiro atoms. The number of nitrogens with one attached hydrogen (secondary N) is 4. The molecule has 0 radical (unpaired) electrons. The van der Waals surface area contributed by atoms with Crippen LogP contribution in [0.15, 0.2) is 0 Å². The minimum absolute atomic E-state index is 0.715. The molecule has 0 fully saturated rings. The largest absolute Gasteiger partial charge is 0.329 e. The van der Waals surface area contributed by atoms with Crippen LogP contribution in [0.3, 0.4) is 0 Å². The second-order valence-corrected chi connectivity index (χ2v) is 3.79. The van der Waals surface area contributed by atoms with Crippen molar-refractivity contribution in [1.82, 2.24) is 21.3 Å². The molecule has 0 unspecified atom stereocenters. The molecule has 16 heavy (non-hydrogen) atoms. The van der Waals surface area contributed by atoms with Crippen molar-refractivity contribution in [2.75, 3.05) is 58.9 Å². The predicted octanol–water partition coefficient (Wildman–Crippen LogP) is -1.29. The molecule has 0 amide bonds. The van der Waals surface area contributed by atoms with E-state index in [0.717, 1.165) is 52.4 Å². The minimum atomic E-state index is 0.715. The first-order valence-corrected chi connectivity index (χ1v) is 6.44. The Morgan fingerprint density at radius 3 is 1.38 bits per heavy atom. The smallest absolute Gasteiger partial charge is 0.00772 e. The van der Waals surface area contributed by atoms with Gasteiger partial charge in [-0.1, -0.05) is 6.92 Å². The molecule has 0 atom stereocenters. The topological polar surface area (TPSA) is 74.1 Å². The van der Waals surface area contributed by atoms with Gasteiger partial charge in [-0.25, -0.2) is 0 Å². The summed E-state index contributed by atoms with van der Waals surface area (Å²) in [5, 5.41) is 13.3. The van der Waals surface area contributed by atoms with E-state index in [1.54, 1.807) is 0 Å². The minimum Gasteiger partial charge on any atom is -0.329 e. The third kappa shape index (κ3) is 13.8. The fourth-order valence-electron chi connectivity index (χ4n) is 1.31. The Labute approximate surface area is 99.9 Å². The van der Waals surface area contributed by atoms with Crippen molar-refractivity contribution in [1.29, 1.82) is 0 Å². The molecular weight excluding hydrogens is 202 g/mol. The molecule has 5 heteroatoms. The summed E-state index contributed by atoms with van der Waals surface area (Å²) in [6, 6.07) is 0. The number of nitrogens with two attached hydrogens (primary N) is 1. The van der Waals surface area contributed by atoms with Gasteiger partial charge < -0.3 is 27.0 Å². The van der Waals surface area contributed by atoms with E-state index in [1.165, 1.54) is 6.42 Å². The summed E-state index contributed by atoms with van der Waals surface area (Å²) in [4.78, 5) is 0. The fraction of sp³-hybridized carbons (Fsp3) is 1.00. The maximum atomic E-state index is 5.36. The van der Waals surface area contributed by atoms with E-state index in [2.05, 4.69) is 28.2 Å². The van der Waals surface area contributed by atoms with E-state index < -0.39 is 0 Å². The molecule has 0 aromatic rings. The monoisotopic (exact) mass is 231 g/mol. The van der Waals surface area contributed by atoms with E-state index in [9.17, 15) is 0 Å². The highest BCUT2D eigenvalue weighted by molar-refractivity contribution is 4.56. The van der Waals surface area contributed by atoms with Crippen LogP contribution in [0.1, 0.15) is 13.3 Å². The predicted molar refractivity (Wildman–Crippen MR) is 70.8 cm³/mol. The molecule has 0 heterocycles. The van der Waals surface area contributed by atoms with Gasteiger partial charge in [-0.2, -0.15) is 0 Å². The molecule has 0 aliphatic heterocycles. The number of hydrogen-bond acceptors (Lipinski definition) is 5. The maximum absolute atomic E-state index is 5.36. The molecule has 0 saturated heterocycles. The Bertz CT molecular complexity index is 107. The summed E-state index contributed by atoms with van der Waals surface area (Å²) < 4.78 is 0. The van der Waals surface area contributed by atoms with E-state index in [4.69, 9.17) is 5.73 Å². The highest BCUT2D eigenvalue weighted by Gasteiger charge is 1.88. The summed E-state index contributed by atoms with van der Waals surface area (Å²) in [5.74, 6) is 0. The normalized spacial score (nSPS) is 10.9. The fourth-order valence-corrected chi connectivity index (χ4v) is 1.31. The van der Waals surface area contributed by atoms with Gasteiger partial charge in [0.15, 0.2) is 0 Å². The summed E-state index contributed by atoms with van der Waals surface area (Å²) >= 11 is 0. The van der Waals surface area contributed by atoms with E-state index in [-0.39, 0.29) is 0 Å². The van der Waals surface area contributed by atoms with Gasteiger partial charge in [0.05, 0.1) is 0 Å². The third-order valence-electron chi connectivity index (χ3n) is 2.18. The lowest BCUT2D eigenvalue weighted by molar-refractivity contribution is 0.566. The van der Waals surface area contributed by atoms with Crippen molar-refractivity contribution in [2.45, 2.75) is 13.3 Å². The second kappa shape index (κ2) is 14.8. The Hall–Kier alpha value is -0.200. The van der Waals surface area contributed by atoms with E-state index in [0.29, 0.717) is 6.54 Å². The molecule has 6 N–H and O–H groups in total. The Kier molecular flexibility index (Phi) is 14.6. The highest BCUT2D eigenvalue weighted by atomic mass is 15.0.